The molecule has 0 unspecified atom stereocenters. The van der Waals surface area contributed by atoms with Crippen molar-refractivity contribution in [2.75, 3.05) is 30.6 Å². The van der Waals surface area contributed by atoms with Gasteiger partial charge in [0.1, 0.15) is 6.61 Å². The first kappa shape index (κ1) is 23.9. The predicted molar refractivity (Wildman–Crippen MR) is 123 cm³/mol. The fraction of sp³-hybridized carbons (Fsp3) is 0.364. The van der Waals surface area contributed by atoms with Crippen molar-refractivity contribution in [1.29, 1.82) is 0 Å². The lowest BCUT2D eigenvalue weighted by Crippen LogP contribution is -2.40. The molecule has 0 bridgehead atoms. The highest BCUT2D eigenvalue weighted by atomic mass is 35.5. The summed E-state index contributed by atoms with van der Waals surface area (Å²) in [6.45, 7) is 1.06. The summed E-state index contributed by atoms with van der Waals surface area (Å²) in [6, 6.07) is 13.8. The van der Waals surface area contributed by atoms with Crippen LogP contribution in [0.2, 0.25) is 5.02 Å². The molecule has 1 saturated heterocycles. The van der Waals surface area contributed by atoms with Crippen LogP contribution in [0, 0.1) is 5.92 Å². The first-order valence-corrected chi connectivity index (χ1v) is 12.3. The van der Waals surface area contributed by atoms with Crippen LogP contribution in [-0.4, -0.2) is 51.2 Å². The average Bonchev–Trinajstić information content (AvgIpc) is 2.79. The molecule has 172 valence electrons. The maximum Gasteiger partial charge on any atom is 0.410 e. The zero-order valence-corrected chi connectivity index (χ0v) is 19.3. The van der Waals surface area contributed by atoms with E-state index in [0.717, 1.165) is 5.56 Å². The number of benzene rings is 2. The number of piperidine rings is 1. The van der Waals surface area contributed by atoms with Crippen molar-refractivity contribution >= 4 is 39.3 Å². The smallest absolute Gasteiger partial charge is 0.410 e. The zero-order valence-electron chi connectivity index (χ0n) is 17.7. The summed E-state index contributed by atoms with van der Waals surface area (Å²) < 4.78 is 33.3. The number of hydrogen-bond acceptors (Lipinski definition) is 5. The molecule has 3 rings (SSSR count). The maximum atomic E-state index is 12.7. The van der Waals surface area contributed by atoms with E-state index in [1.807, 2.05) is 30.3 Å². The van der Waals surface area contributed by atoms with Gasteiger partial charge in [-0.25, -0.2) is 13.2 Å². The van der Waals surface area contributed by atoms with E-state index >= 15 is 0 Å². The van der Waals surface area contributed by atoms with Crippen LogP contribution in [0.3, 0.4) is 0 Å². The lowest BCUT2D eigenvalue weighted by atomic mass is 9.99. The Morgan fingerprint density at radius 1 is 1.12 bits per heavy atom. The van der Waals surface area contributed by atoms with Gasteiger partial charge in [-0.1, -0.05) is 41.9 Å². The Balaban J connectivity index is 1.52. The van der Waals surface area contributed by atoms with Crippen molar-refractivity contribution in [2.24, 2.45) is 5.92 Å². The van der Waals surface area contributed by atoms with Crippen molar-refractivity contribution in [3.63, 3.8) is 0 Å². The Morgan fingerprint density at radius 3 is 2.47 bits per heavy atom. The topological polar surface area (TPSA) is 105 Å². The van der Waals surface area contributed by atoms with Crippen LogP contribution in [0.5, 0.6) is 0 Å². The Bertz CT molecular complexity index is 1050. The summed E-state index contributed by atoms with van der Waals surface area (Å²) in [5.74, 6) is -0.649. The number of nitrogens with zero attached hydrogens (tertiary/aromatic N) is 1. The zero-order chi connectivity index (χ0) is 23.1. The second kappa shape index (κ2) is 10.7. The highest BCUT2D eigenvalue weighted by Crippen LogP contribution is 2.24. The minimum atomic E-state index is -3.70. The van der Waals surface area contributed by atoms with E-state index in [2.05, 4.69) is 10.0 Å². The van der Waals surface area contributed by atoms with Gasteiger partial charge in [-0.15, -0.1) is 0 Å². The van der Waals surface area contributed by atoms with Crippen LogP contribution in [0.1, 0.15) is 28.8 Å². The quantitative estimate of drug-likeness (QED) is 0.632. The van der Waals surface area contributed by atoms with E-state index in [1.165, 1.54) is 25.2 Å². The molecule has 1 aliphatic rings. The van der Waals surface area contributed by atoms with Gasteiger partial charge in [-0.05, 0) is 42.5 Å². The Kier molecular flexibility index (Phi) is 7.98. The van der Waals surface area contributed by atoms with Crippen molar-refractivity contribution in [3.8, 4) is 0 Å². The van der Waals surface area contributed by atoms with Crippen LogP contribution in [-0.2, 0) is 21.4 Å². The highest BCUT2D eigenvalue weighted by molar-refractivity contribution is 7.92. The van der Waals surface area contributed by atoms with E-state index in [4.69, 9.17) is 16.3 Å². The van der Waals surface area contributed by atoms with Crippen LogP contribution in [0.25, 0.3) is 0 Å². The summed E-state index contributed by atoms with van der Waals surface area (Å²) in [4.78, 5) is 25.9. The molecular weight excluding hydrogens is 454 g/mol. The summed E-state index contributed by atoms with van der Waals surface area (Å²) in [7, 11) is -2.24. The summed E-state index contributed by atoms with van der Waals surface area (Å²) in [5.41, 5.74) is 1.24. The molecule has 1 heterocycles. The van der Waals surface area contributed by atoms with E-state index < -0.39 is 22.0 Å². The molecular formula is C22H26ClN3O5S. The largest absolute Gasteiger partial charge is 0.445 e. The SMILES string of the molecule is CNC(=O)c1cc(Cl)ccc1NS(=O)(=O)CC1CCN(C(=O)OCc2ccccc2)CC1. The van der Waals surface area contributed by atoms with E-state index in [-0.39, 0.29) is 29.5 Å². The number of amides is 2. The van der Waals surface area contributed by atoms with Gasteiger partial charge < -0.3 is 15.0 Å². The third-order valence-corrected chi connectivity index (χ3v) is 6.93. The molecule has 0 aliphatic carbocycles. The first-order chi connectivity index (χ1) is 15.3. The number of carbonyl (C=O) groups is 2. The average molecular weight is 480 g/mol. The van der Waals surface area contributed by atoms with Crippen molar-refractivity contribution in [2.45, 2.75) is 19.4 Å². The fourth-order valence-corrected chi connectivity index (χ4v) is 5.26. The summed E-state index contributed by atoms with van der Waals surface area (Å²) >= 11 is 5.94. The van der Waals surface area contributed by atoms with Gasteiger partial charge in [0, 0.05) is 25.2 Å². The molecule has 0 radical (unpaired) electrons. The number of sulfonamides is 1. The molecule has 0 atom stereocenters. The molecule has 0 spiro atoms. The van der Waals surface area contributed by atoms with Gasteiger partial charge in [0.2, 0.25) is 10.0 Å². The number of likely N-dealkylation sites (tertiary alicyclic amines) is 1. The third kappa shape index (κ3) is 6.61. The standard InChI is InChI=1S/C22H26ClN3O5S/c1-24-21(27)19-13-18(23)7-8-20(19)25-32(29,30)15-17-9-11-26(12-10-17)22(28)31-14-16-5-3-2-4-6-16/h2-8,13,17,25H,9-12,14-15H2,1H3,(H,24,27). The second-order valence-electron chi connectivity index (χ2n) is 7.62. The van der Waals surface area contributed by atoms with Crippen LogP contribution < -0.4 is 10.0 Å². The lowest BCUT2D eigenvalue weighted by molar-refractivity contribution is 0.0839. The van der Waals surface area contributed by atoms with Gasteiger partial charge in [-0.3, -0.25) is 9.52 Å². The molecule has 32 heavy (non-hydrogen) atoms. The van der Waals surface area contributed by atoms with Gasteiger partial charge in [0.05, 0.1) is 17.0 Å². The second-order valence-corrected chi connectivity index (χ2v) is 9.83. The third-order valence-electron chi connectivity index (χ3n) is 5.25. The van der Waals surface area contributed by atoms with E-state index in [9.17, 15) is 18.0 Å². The molecule has 2 N–H and O–H groups in total. The van der Waals surface area contributed by atoms with Gasteiger partial charge in [-0.2, -0.15) is 0 Å². The summed E-state index contributed by atoms with van der Waals surface area (Å²) in [6.07, 6.45) is 0.693. The van der Waals surface area contributed by atoms with E-state index in [0.29, 0.717) is 31.0 Å². The fourth-order valence-electron chi connectivity index (χ4n) is 3.54. The minimum absolute atomic E-state index is 0.101. The highest BCUT2D eigenvalue weighted by Gasteiger charge is 2.28. The number of ether oxygens (including phenoxy) is 1. The molecule has 2 aromatic carbocycles. The Hall–Kier alpha value is -2.78. The normalized spacial score (nSPS) is 14.6. The predicted octanol–water partition coefficient (Wildman–Crippen LogP) is 3.49. The van der Waals surface area contributed by atoms with Crippen LogP contribution in [0.4, 0.5) is 10.5 Å². The van der Waals surface area contributed by atoms with Crippen molar-refractivity contribution in [3.05, 3.63) is 64.7 Å². The molecule has 1 fully saturated rings. The minimum Gasteiger partial charge on any atom is -0.445 e. The van der Waals surface area contributed by atoms with E-state index in [1.54, 1.807) is 4.90 Å². The number of rotatable bonds is 7. The Labute approximate surface area is 192 Å². The van der Waals surface area contributed by atoms with Crippen LogP contribution in [0.15, 0.2) is 48.5 Å². The number of anilines is 1. The monoisotopic (exact) mass is 479 g/mol. The molecule has 0 aromatic heterocycles. The first-order valence-electron chi connectivity index (χ1n) is 10.2. The molecule has 1 aliphatic heterocycles. The van der Waals surface area contributed by atoms with Crippen LogP contribution >= 0.6 is 11.6 Å². The lowest BCUT2D eigenvalue weighted by Gasteiger charge is -2.31. The molecule has 2 amide bonds. The number of hydrogen-bond donors (Lipinski definition) is 2. The molecule has 2 aromatic rings. The number of halogens is 1. The van der Waals surface area contributed by atoms with Crippen molar-refractivity contribution in [1.82, 2.24) is 10.2 Å². The van der Waals surface area contributed by atoms with Crippen molar-refractivity contribution < 1.29 is 22.7 Å². The van der Waals surface area contributed by atoms with Gasteiger partial charge in [0.15, 0.2) is 0 Å². The number of nitrogens with one attached hydrogen (secondary N) is 2. The molecule has 0 saturated carbocycles. The maximum absolute atomic E-state index is 12.7. The number of carbonyl (C=O) groups excluding carboxylic acids is 2. The van der Waals surface area contributed by atoms with Gasteiger partial charge in [0.25, 0.3) is 5.91 Å². The Morgan fingerprint density at radius 2 is 1.81 bits per heavy atom. The summed E-state index contributed by atoms with van der Waals surface area (Å²) in [5, 5.41) is 2.80. The van der Waals surface area contributed by atoms with Gasteiger partial charge >= 0.3 is 6.09 Å². The molecule has 8 nitrogen and oxygen atoms in total. The molecule has 10 heteroatoms.